The first-order valence-electron chi connectivity index (χ1n) is 7.12. The van der Waals surface area contributed by atoms with Gasteiger partial charge < -0.3 is 10.6 Å². The Morgan fingerprint density at radius 1 is 0.708 bits per heavy atom. The van der Waals surface area contributed by atoms with Crippen LogP contribution in [-0.4, -0.2) is 26.8 Å². The maximum absolute atomic E-state index is 12.0. The number of amides is 2. The van der Waals surface area contributed by atoms with E-state index in [1.54, 1.807) is 48.7 Å². The molecule has 0 fully saturated rings. The van der Waals surface area contributed by atoms with Crippen LogP contribution in [0, 0.1) is 0 Å². The third kappa shape index (κ3) is 3.77. The summed E-state index contributed by atoms with van der Waals surface area (Å²) in [6.07, 6.45) is 5.89. The summed E-state index contributed by atoms with van der Waals surface area (Å²) >= 11 is 0. The number of hydrogen-bond donors (Lipinski definition) is 2. The van der Waals surface area contributed by atoms with Gasteiger partial charge in [-0.15, -0.1) is 0 Å². The zero-order valence-electron chi connectivity index (χ0n) is 12.5. The van der Waals surface area contributed by atoms with Gasteiger partial charge in [-0.3, -0.25) is 19.6 Å². The van der Waals surface area contributed by atoms with E-state index in [4.69, 9.17) is 0 Å². The maximum Gasteiger partial charge on any atom is 0.275 e. The lowest BCUT2D eigenvalue weighted by molar-refractivity contribution is 0.101. The van der Waals surface area contributed by atoms with E-state index >= 15 is 0 Å². The van der Waals surface area contributed by atoms with Crippen molar-refractivity contribution < 1.29 is 9.59 Å². The van der Waals surface area contributed by atoms with Crippen molar-refractivity contribution in [2.45, 2.75) is 0 Å². The summed E-state index contributed by atoms with van der Waals surface area (Å²) in [4.78, 5) is 35.7. The molecule has 0 aliphatic carbocycles. The van der Waals surface area contributed by atoms with E-state index in [9.17, 15) is 9.59 Å². The van der Waals surface area contributed by atoms with Crippen LogP contribution < -0.4 is 10.6 Å². The topological polar surface area (TPSA) is 96.9 Å². The van der Waals surface area contributed by atoms with E-state index in [1.165, 1.54) is 18.6 Å². The van der Waals surface area contributed by atoms with Gasteiger partial charge in [0.2, 0.25) is 0 Å². The Morgan fingerprint density at radius 2 is 1.33 bits per heavy atom. The van der Waals surface area contributed by atoms with Gasteiger partial charge in [-0.2, -0.15) is 0 Å². The summed E-state index contributed by atoms with van der Waals surface area (Å²) in [6, 6.07) is 11.9. The second kappa shape index (κ2) is 7.10. The zero-order valence-corrected chi connectivity index (χ0v) is 12.5. The number of nitrogens with zero attached hydrogens (tertiary/aromatic N) is 3. The van der Waals surface area contributed by atoms with Gasteiger partial charge in [0.05, 0.1) is 6.20 Å². The molecule has 0 unspecified atom stereocenters. The summed E-state index contributed by atoms with van der Waals surface area (Å²) in [5, 5.41) is 5.44. The van der Waals surface area contributed by atoms with Gasteiger partial charge in [0.15, 0.2) is 0 Å². The highest BCUT2D eigenvalue weighted by atomic mass is 16.2. The Labute approximate surface area is 137 Å². The molecule has 2 amide bonds. The van der Waals surface area contributed by atoms with Gasteiger partial charge in [0, 0.05) is 30.0 Å². The van der Waals surface area contributed by atoms with Crippen LogP contribution in [0.3, 0.4) is 0 Å². The molecule has 0 aliphatic rings. The van der Waals surface area contributed by atoms with Gasteiger partial charge in [0.25, 0.3) is 11.8 Å². The number of hydrogen-bond acceptors (Lipinski definition) is 5. The molecule has 0 bridgehead atoms. The molecular weight excluding hydrogens is 306 g/mol. The summed E-state index contributed by atoms with van der Waals surface area (Å²) in [5.74, 6) is -0.652. The summed E-state index contributed by atoms with van der Waals surface area (Å²) in [6.45, 7) is 0. The molecule has 7 nitrogen and oxygen atoms in total. The third-order valence-electron chi connectivity index (χ3n) is 3.09. The number of anilines is 2. The Kier molecular flexibility index (Phi) is 4.52. The number of rotatable bonds is 4. The van der Waals surface area contributed by atoms with Crippen molar-refractivity contribution in [1.29, 1.82) is 0 Å². The fourth-order valence-electron chi connectivity index (χ4n) is 1.94. The standard InChI is InChI=1S/C17H13N5O2/c23-16(14-3-1-2-8-19-14)21-12-4-6-13(7-5-12)22-17(24)15-11-18-9-10-20-15/h1-11H,(H,21,23)(H,22,24). The summed E-state index contributed by atoms with van der Waals surface area (Å²) in [5.41, 5.74) is 1.74. The van der Waals surface area contributed by atoms with E-state index in [0.717, 1.165) is 0 Å². The molecule has 3 aromatic rings. The Morgan fingerprint density at radius 3 is 1.88 bits per heavy atom. The number of aromatic nitrogens is 3. The van der Waals surface area contributed by atoms with Crippen LogP contribution in [0.15, 0.2) is 67.3 Å². The SMILES string of the molecule is O=C(Nc1ccc(NC(=O)c2cnccn2)cc1)c1ccccn1. The second-order valence-electron chi connectivity index (χ2n) is 4.79. The highest BCUT2D eigenvalue weighted by molar-refractivity contribution is 6.04. The van der Waals surface area contributed by atoms with Crippen molar-refractivity contribution in [2.75, 3.05) is 10.6 Å². The van der Waals surface area contributed by atoms with Crippen molar-refractivity contribution in [3.63, 3.8) is 0 Å². The van der Waals surface area contributed by atoms with Gasteiger partial charge in [-0.05, 0) is 36.4 Å². The minimum atomic E-state index is -0.353. The fraction of sp³-hybridized carbons (Fsp3) is 0. The van der Waals surface area contributed by atoms with Crippen LogP contribution in [0.2, 0.25) is 0 Å². The summed E-state index contributed by atoms with van der Waals surface area (Å²) in [7, 11) is 0. The van der Waals surface area contributed by atoms with Crippen LogP contribution >= 0.6 is 0 Å². The quantitative estimate of drug-likeness (QED) is 0.769. The van der Waals surface area contributed by atoms with Crippen LogP contribution in [0.1, 0.15) is 21.0 Å². The Balaban J connectivity index is 1.63. The van der Waals surface area contributed by atoms with Gasteiger partial charge >= 0.3 is 0 Å². The van der Waals surface area contributed by atoms with Crippen molar-refractivity contribution in [3.05, 3.63) is 78.6 Å². The van der Waals surface area contributed by atoms with E-state index in [2.05, 4.69) is 25.6 Å². The van der Waals surface area contributed by atoms with E-state index in [-0.39, 0.29) is 17.5 Å². The first-order chi connectivity index (χ1) is 11.7. The minimum absolute atomic E-state index is 0.227. The van der Waals surface area contributed by atoms with Gasteiger partial charge in [-0.25, -0.2) is 4.98 Å². The normalized spacial score (nSPS) is 10.0. The number of carbonyl (C=O) groups excluding carboxylic acids is 2. The minimum Gasteiger partial charge on any atom is -0.321 e. The first-order valence-corrected chi connectivity index (χ1v) is 7.12. The predicted molar refractivity (Wildman–Crippen MR) is 88.6 cm³/mol. The molecule has 0 radical (unpaired) electrons. The lowest BCUT2D eigenvalue weighted by Gasteiger charge is -2.07. The maximum atomic E-state index is 12.0. The zero-order chi connectivity index (χ0) is 16.8. The van der Waals surface area contributed by atoms with Crippen molar-refractivity contribution in [1.82, 2.24) is 15.0 Å². The van der Waals surface area contributed by atoms with E-state index in [0.29, 0.717) is 17.1 Å². The average Bonchev–Trinajstić information content (AvgIpc) is 2.65. The molecule has 24 heavy (non-hydrogen) atoms. The fourth-order valence-corrected chi connectivity index (χ4v) is 1.94. The molecule has 1 aromatic carbocycles. The molecule has 2 N–H and O–H groups in total. The largest absolute Gasteiger partial charge is 0.321 e. The van der Waals surface area contributed by atoms with Gasteiger partial charge in [0.1, 0.15) is 11.4 Å². The molecular formula is C17H13N5O2. The van der Waals surface area contributed by atoms with Crippen molar-refractivity contribution in [3.8, 4) is 0 Å². The molecule has 3 rings (SSSR count). The second-order valence-corrected chi connectivity index (χ2v) is 4.79. The molecule has 0 saturated carbocycles. The highest BCUT2D eigenvalue weighted by Crippen LogP contribution is 2.15. The van der Waals surface area contributed by atoms with E-state index in [1.807, 2.05) is 0 Å². The monoisotopic (exact) mass is 319 g/mol. The first kappa shape index (κ1) is 15.3. The predicted octanol–water partition coefficient (Wildman–Crippen LogP) is 2.38. The molecule has 2 aromatic heterocycles. The molecule has 0 aliphatic heterocycles. The van der Waals surface area contributed by atoms with Gasteiger partial charge in [-0.1, -0.05) is 6.07 Å². The Hall–Kier alpha value is -3.61. The van der Waals surface area contributed by atoms with Crippen LogP contribution in [0.5, 0.6) is 0 Å². The van der Waals surface area contributed by atoms with Crippen LogP contribution in [0.4, 0.5) is 11.4 Å². The molecule has 0 spiro atoms. The average molecular weight is 319 g/mol. The smallest absolute Gasteiger partial charge is 0.275 e. The van der Waals surface area contributed by atoms with Crippen molar-refractivity contribution in [2.24, 2.45) is 0 Å². The van der Waals surface area contributed by atoms with Crippen LogP contribution in [-0.2, 0) is 0 Å². The number of benzene rings is 1. The van der Waals surface area contributed by atoms with Crippen molar-refractivity contribution >= 4 is 23.2 Å². The van der Waals surface area contributed by atoms with E-state index < -0.39 is 0 Å². The Bertz CT molecular complexity index is 763. The lowest BCUT2D eigenvalue weighted by atomic mass is 10.2. The number of pyridine rings is 1. The third-order valence-corrected chi connectivity index (χ3v) is 3.09. The molecule has 0 saturated heterocycles. The highest BCUT2D eigenvalue weighted by Gasteiger charge is 2.09. The lowest BCUT2D eigenvalue weighted by Crippen LogP contribution is -2.14. The number of carbonyl (C=O) groups is 2. The number of nitrogens with one attached hydrogen (secondary N) is 2. The molecule has 118 valence electrons. The van der Waals surface area contributed by atoms with Crippen LogP contribution in [0.25, 0.3) is 0 Å². The molecule has 2 heterocycles. The molecule has 0 atom stereocenters. The molecule has 7 heteroatoms. The summed E-state index contributed by atoms with van der Waals surface area (Å²) < 4.78 is 0.